The first-order valence-corrected chi connectivity index (χ1v) is 7.11. The van der Waals surface area contributed by atoms with Gasteiger partial charge in [0.1, 0.15) is 0 Å². The van der Waals surface area contributed by atoms with E-state index in [0.717, 1.165) is 25.0 Å². The number of nitro groups is 1. The van der Waals surface area contributed by atoms with Crippen molar-refractivity contribution in [2.24, 2.45) is 11.0 Å². The molecule has 1 saturated carbocycles. The highest BCUT2D eigenvalue weighted by atomic mass is 16.6. The number of carbonyl (C=O) groups is 1. The summed E-state index contributed by atoms with van der Waals surface area (Å²) in [5, 5.41) is 15.1. The Bertz CT molecular complexity index is 596. The summed E-state index contributed by atoms with van der Waals surface area (Å²) in [6.45, 7) is 3.74. The van der Waals surface area contributed by atoms with Crippen LogP contribution in [0.1, 0.15) is 48.5 Å². The Labute approximate surface area is 123 Å². The van der Waals surface area contributed by atoms with Gasteiger partial charge in [0.2, 0.25) is 0 Å². The summed E-state index contributed by atoms with van der Waals surface area (Å²) in [5.41, 5.74) is 4.23. The second-order valence-corrected chi connectivity index (χ2v) is 5.45. The maximum absolute atomic E-state index is 12.0. The molecule has 0 saturated heterocycles. The van der Waals surface area contributed by atoms with Crippen LogP contribution in [0.2, 0.25) is 0 Å². The van der Waals surface area contributed by atoms with Gasteiger partial charge in [-0.05, 0) is 38.2 Å². The summed E-state index contributed by atoms with van der Waals surface area (Å²) in [6, 6.07) is 4.43. The molecular formula is C15H19N3O3. The van der Waals surface area contributed by atoms with Crippen LogP contribution in [0.15, 0.2) is 23.3 Å². The Morgan fingerprint density at radius 2 is 2.19 bits per heavy atom. The first kappa shape index (κ1) is 15.2. The van der Waals surface area contributed by atoms with Crippen LogP contribution in [0.25, 0.3) is 0 Å². The number of amides is 1. The molecule has 6 nitrogen and oxygen atoms in total. The molecule has 1 fully saturated rings. The van der Waals surface area contributed by atoms with Crippen LogP contribution in [-0.4, -0.2) is 16.5 Å². The topological polar surface area (TPSA) is 84.6 Å². The highest BCUT2D eigenvalue weighted by Gasteiger charge is 2.17. The molecule has 0 aliphatic heterocycles. The van der Waals surface area contributed by atoms with Crippen molar-refractivity contribution in [1.29, 1.82) is 0 Å². The number of hydrogen-bond donors (Lipinski definition) is 1. The zero-order valence-electron chi connectivity index (χ0n) is 12.3. The van der Waals surface area contributed by atoms with Gasteiger partial charge < -0.3 is 0 Å². The van der Waals surface area contributed by atoms with E-state index in [-0.39, 0.29) is 11.3 Å². The Morgan fingerprint density at radius 3 is 2.86 bits per heavy atom. The van der Waals surface area contributed by atoms with E-state index in [1.807, 2.05) is 0 Å². The van der Waals surface area contributed by atoms with Crippen molar-refractivity contribution in [3.8, 4) is 0 Å². The Hall–Kier alpha value is -2.24. The van der Waals surface area contributed by atoms with E-state index in [0.29, 0.717) is 11.5 Å². The fraction of sp³-hybridized carbons (Fsp3) is 0.467. The standard InChI is InChI=1S/C15H19N3O3/c1-10-5-3-4-6-13(10)16-17-15(19)12-8-7-11(2)14(9-12)18(20)21/h7-10H,3-6H2,1-2H3,(H,17,19)/b16-13+. The second kappa shape index (κ2) is 6.47. The molecule has 1 amide bonds. The predicted molar refractivity (Wildman–Crippen MR) is 80.4 cm³/mol. The number of hydrogen-bond acceptors (Lipinski definition) is 4. The molecule has 1 unspecified atom stereocenters. The lowest BCUT2D eigenvalue weighted by atomic mass is 9.89. The van der Waals surface area contributed by atoms with Gasteiger partial charge >= 0.3 is 0 Å². The third-order valence-electron chi connectivity index (χ3n) is 3.86. The Balaban J connectivity index is 2.12. The minimum absolute atomic E-state index is 0.0543. The molecule has 0 heterocycles. The lowest BCUT2D eigenvalue weighted by Gasteiger charge is -2.19. The third kappa shape index (κ3) is 3.65. The van der Waals surface area contributed by atoms with Gasteiger partial charge in [-0.1, -0.05) is 19.4 Å². The van der Waals surface area contributed by atoms with Crippen LogP contribution in [0.3, 0.4) is 0 Å². The maximum atomic E-state index is 12.0. The molecule has 21 heavy (non-hydrogen) atoms. The molecule has 0 radical (unpaired) electrons. The lowest BCUT2D eigenvalue weighted by Crippen LogP contribution is -2.24. The smallest absolute Gasteiger partial charge is 0.267 e. The zero-order valence-corrected chi connectivity index (χ0v) is 12.3. The number of rotatable bonds is 3. The van der Waals surface area contributed by atoms with E-state index in [2.05, 4.69) is 17.5 Å². The van der Waals surface area contributed by atoms with Crippen molar-refractivity contribution in [3.63, 3.8) is 0 Å². The molecular weight excluding hydrogens is 270 g/mol. The van der Waals surface area contributed by atoms with Crippen molar-refractivity contribution < 1.29 is 9.72 Å². The number of benzene rings is 1. The molecule has 112 valence electrons. The van der Waals surface area contributed by atoms with Gasteiger partial charge in [-0.3, -0.25) is 14.9 Å². The highest BCUT2D eigenvalue weighted by Crippen LogP contribution is 2.21. The molecule has 1 aromatic carbocycles. The zero-order chi connectivity index (χ0) is 15.4. The molecule has 1 aliphatic rings. The van der Waals surface area contributed by atoms with Gasteiger partial charge in [0, 0.05) is 22.9 Å². The quantitative estimate of drug-likeness (QED) is 0.685. The molecule has 1 N–H and O–H groups in total. The number of aryl methyl sites for hydroxylation is 1. The number of hydrazone groups is 1. The SMILES string of the molecule is Cc1ccc(C(=O)N/N=C2\CCCCC2C)cc1[N+](=O)[O-]. The molecule has 1 aliphatic carbocycles. The fourth-order valence-electron chi connectivity index (χ4n) is 2.47. The van der Waals surface area contributed by atoms with Crippen LogP contribution >= 0.6 is 0 Å². The van der Waals surface area contributed by atoms with Crippen LogP contribution in [0.5, 0.6) is 0 Å². The van der Waals surface area contributed by atoms with Gasteiger partial charge in [0.05, 0.1) is 4.92 Å². The summed E-state index contributed by atoms with van der Waals surface area (Å²) in [4.78, 5) is 22.4. The summed E-state index contributed by atoms with van der Waals surface area (Å²) >= 11 is 0. The van der Waals surface area contributed by atoms with Gasteiger partial charge in [-0.25, -0.2) is 5.43 Å². The molecule has 0 spiro atoms. The van der Waals surface area contributed by atoms with Gasteiger partial charge in [-0.2, -0.15) is 5.10 Å². The Kier molecular flexibility index (Phi) is 4.67. The van der Waals surface area contributed by atoms with E-state index in [4.69, 9.17) is 0 Å². The van der Waals surface area contributed by atoms with Crippen molar-refractivity contribution >= 4 is 17.3 Å². The van der Waals surface area contributed by atoms with E-state index < -0.39 is 10.8 Å². The first-order chi connectivity index (χ1) is 9.99. The number of nitrogens with zero attached hydrogens (tertiary/aromatic N) is 2. The normalized spacial score (nSPS) is 20.3. The van der Waals surface area contributed by atoms with Gasteiger partial charge in [-0.15, -0.1) is 0 Å². The largest absolute Gasteiger partial charge is 0.273 e. The number of nitro benzene ring substituents is 1. The summed E-state index contributed by atoms with van der Waals surface area (Å²) in [7, 11) is 0. The predicted octanol–water partition coefficient (Wildman–Crippen LogP) is 3.20. The highest BCUT2D eigenvalue weighted by molar-refractivity contribution is 5.96. The van der Waals surface area contributed by atoms with Crippen LogP contribution in [0.4, 0.5) is 5.69 Å². The maximum Gasteiger partial charge on any atom is 0.273 e. The van der Waals surface area contributed by atoms with Crippen LogP contribution in [-0.2, 0) is 0 Å². The minimum atomic E-state index is -0.485. The molecule has 2 rings (SSSR count). The van der Waals surface area contributed by atoms with E-state index >= 15 is 0 Å². The van der Waals surface area contributed by atoms with Crippen molar-refractivity contribution in [2.45, 2.75) is 39.5 Å². The van der Waals surface area contributed by atoms with Crippen molar-refractivity contribution in [3.05, 3.63) is 39.4 Å². The molecule has 1 atom stereocenters. The van der Waals surface area contributed by atoms with Gasteiger partial charge in [0.15, 0.2) is 0 Å². The Morgan fingerprint density at radius 1 is 1.43 bits per heavy atom. The number of carbonyl (C=O) groups excluding carboxylic acids is 1. The summed E-state index contributed by atoms with van der Waals surface area (Å²) in [5.74, 6) is -0.0326. The van der Waals surface area contributed by atoms with Crippen LogP contribution in [0, 0.1) is 23.0 Å². The lowest BCUT2D eigenvalue weighted by molar-refractivity contribution is -0.385. The minimum Gasteiger partial charge on any atom is -0.267 e. The fourth-order valence-corrected chi connectivity index (χ4v) is 2.47. The van der Waals surface area contributed by atoms with E-state index in [1.54, 1.807) is 19.1 Å². The molecule has 0 aromatic heterocycles. The second-order valence-electron chi connectivity index (χ2n) is 5.45. The van der Waals surface area contributed by atoms with Gasteiger partial charge in [0.25, 0.3) is 11.6 Å². The molecule has 1 aromatic rings. The van der Waals surface area contributed by atoms with Crippen molar-refractivity contribution in [2.75, 3.05) is 0 Å². The summed E-state index contributed by atoms with van der Waals surface area (Å²) in [6.07, 6.45) is 4.27. The molecule has 6 heteroatoms. The van der Waals surface area contributed by atoms with Crippen molar-refractivity contribution in [1.82, 2.24) is 5.43 Å². The summed E-state index contributed by atoms with van der Waals surface area (Å²) < 4.78 is 0. The van der Waals surface area contributed by atoms with E-state index in [1.165, 1.54) is 12.5 Å². The monoisotopic (exact) mass is 289 g/mol. The third-order valence-corrected chi connectivity index (χ3v) is 3.86. The average Bonchev–Trinajstić information content (AvgIpc) is 2.46. The average molecular weight is 289 g/mol. The number of nitrogens with one attached hydrogen (secondary N) is 1. The van der Waals surface area contributed by atoms with E-state index in [9.17, 15) is 14.9 Å². The van der Waals surface area contributed by atoms with Crippen LogP contribution < -0.4 is 5.43 Å². The first-order valence-electron chi connectivity index (χ1n) is 7.11. The molecule has 0 bridgehead atoms.